The maximum Gasteiger partial charge on any atom is 0.188 e. The summed E-state index contributed by atoms with van der Waals surface area (Å²) in [5.74, 6) is 0.827. The lowest BCUT2D eigenvalue weighted by atomic mass is 10.1. The first-order valence-electron chi connectivity index (χ1n) is 6.25. The largest absolute Gasteiger partial charge is 0.467 e. The van der Waals surface area contributed by atoms with E-state index in [1.807, 2.05) is 24.3 Å². The summed E-state index contributed by atoms with van der Waals surface area (Å²) >= 11 is 0. The topological polar surface area (TPSA) is 18.5 Å². The van der Waals surface area contributed by atoms with E-state index in [0.717, 1.165) is 11.3 Å². The first-order chi connectivity index (χ1) is 9.29. The molecule has 0 atom stereocenters. The molecule has 98 valence electrons. The van der Waals surface area contributed by atoms with Crippen molar-refractivity contribution in [3.05, 3.63) is 65.2 Å². The molecular formula is C17H18O2. The first kappa shape index (κ1) is 13.4. The molecule has 0 heterocycles. The molecule has 0 N–H and O–H groups in total. The molecule has 0 saturated heterocycles. The van der Waals surface area contributed by atoms with Crippen LogP contribution in [0.4, 0.5) is 0 Å². The van der Waals surface area contributed by atoms with Crippen LogP contribution in [0.5, 0.6) is 5.75 Å². The van der Waals surface area contributed by atoms with Crippen molar-refractivity contribution in [3.63, 3.8) is 0 Å². The summed E-state index contributed by atoms with van der Waals surface area (Å²) in [7, 11) is 1.62. The second-order valence-electron chi connectivity index (χ2n) is 4.33. The molecule has 0 unspecified atom stereocenters. The molecule has 0 fully saturated rings. The van der Waals surface area contributed by atoms with Gasteiger partial charge in [-0.2, -0.15) is 0 Å². The minimum Gasteiger partial charge on any atom is -0.467 e. The molecule has 0 amide bonds. The molecule has 2 aromatic rings. The Morgan fingerprint density at radius 1 is 0.947 bits per heavy atom. The van der Waals surface area contributed by atoms with Gasteiger partial charge < -0.3 is 9.47 Å². The highest BCUT2D eigenvalue weighted by Gasteiger charge is 1.98. The van der Waals surface area contributed by atoms with Gasteiger partial charge in [0.05, 0.1) is 0 Å². The van der Waals surface area contributed by atoms with Gasteiger partial charge in [0.2, 0.25) is 0 Å². The lowest BCUT2D eigenvalue weighted by Crippen LogP contribution is -1.99. The Bertz CT molecular complexity index is 541. The Balaban J connectivity index is 2.15. The fraction of sp³-hybridized carbons (Fsp3) is 0.176. The summed E-state index contributed by atoms with van der Waals surface area (Å²) in [6, 6.07) is 16.3. The third kappa shape index (κ3) is 3.97. The summed E-state index contributed by atoms with van der Waals surface area (Å²) in [4.78, 5) is 0. The number of hydrogen-bond donors (Lipinski definition) is 0. The standard InChI is InChI=1S/C17H18O2/c1-14-7-9-15(10-8-14)11-12-16-5-3-4-6-17(16)19-13-18-2/h3-12H,13H2,1-2H3/b12-11-. The predicted molar refractivity (Wildman–Crippen MR) is 79.1 cm³/mol. The highest BCUT2D eigenvalue weighted by Crippen LogP contribution is 2.20. The van der Waals surface area contributed by atoms with E-state index in [9.17, 15) is 0 Å². The smallest absolute Gasteiger partial charge is 0.188 e. The molecule has 0 saturated carbocycles. The van der Waals surface area contributed by atoms with Crippen LogP contribution in [0.1, 0.15) is 16.7 Å². The summed E-state index contributed by atoms with van der Waals surface area (Å²) in [6.07, 6.45) is 4.13. The van der Waals surface area contributed by atoms with Crippen molar-refractivity contribution < 1.29 is 9.47 Å². The number of rotatable bonds is 5. The van der Waals surface area contributed by atoms with E-state index in [4.69, 9.17) is 9.47 Å². The SMILES string of the molecule is COCOc1ccccc1/C=C\c1ccc(C)cc1. The summed E-state index contributed by atoms with van der Waals surface area (Å²) in [6.45, 7) is 2.34. The Morgan fingerprint density at radius 2 is 1.68 bits per heavy atom. The fourth-order valence-corrected chi connectivity index (χ4v) is 1.74. The molecular weight excluding hydrogens is 236 g/mol. The second-order valence-corrected chi connectivity index (χ2v) is 4.33. The summed E-state index contributed by atoms with van der Waals surface area (Å²) in [5, 5.41) is 0. The Morgan fingerprint density at radius 3 is 2.42 bits per heavy atom. The van der Waals surface area contributed by atoms with Crippen LogP contribution in [-0.4, -0.2) is 13.9 Å². The van der Waals surface area contributed by atoms with Gasteiger partial charge in [-0.25, -0.2) is 0 Å². The molecule has 19 heavy (non-hydrogen) atoms. The first-order valence-corrected chi connectivity index (χ1v) is 6.25. The highest BCUT2D eigenvalue weighted by atomic mass is 16.7. The second kappa shape index (κ2) is 6.76. The van der Waals surface area contributed by atoms with Crippen molar-refractivity contribution in [2.45, 2.75) is 6.92 Å². The molecule has 2 heteroatoms. The molecule has 2 aromatic carbocycles. The summed E-state index contributed by atoms with van der Waals surface area (Å²) in [5.41, 5.74) is 3.48. The number of hydrogen-bond acceptors (Lipinski definition) is 2. The molecule has 0 aliphatic rings. The van der Waals surface area contributed by atoms with Gasteiger partial charge in [0.25, 0.3) is 0 Å². The van der Waals surface area contributed by atoms with Crippen LogP contribution < -0.4 is 4.74 Å². The van der Waals surface area contributed by atoms with E-state index in [0.29, 0.717) is 0 Å². The van der Waals surface area contributed by atoms with Gasteiger partial charge in [-0.15, -0.1) is 0 Å². The zero-order valence-electron chi connectivity index (χ0n) is 11.3. The number of methoxy groups -OCH3 is 1. The molecule has 2 nitrogen and oxygen atoms in total. The van der Waals surface area contributed by atoms with Crippen LogP contribution in [0, 0.1) is 6.92 Å². The van der Waals surface area contributed by atoms with E-state index >= 15 is 0 Å². The van der Waals surface area contributed by atoms with Crippen LogP contribution in [0.15, 0.2) is 48.5 Å². The number of para-hydroxylation sites is 1. The van der Waals surface area contributed by atoms with Crippen LogP contribution in [0.2, 0.25) is 0 Å². The van der Waals surface area contributed by atoms with Gasteiger partial charge in [0, 0.05) is 12.7 Å². The Labute approximate surface area is 114 Å². The lowest BCUT2D eigenvalue weighted by Gasteiger charge is -2.07. The maximum absolute atomic E-state index is 5.52. The Kier molecular flexibility index (Phi) is 4.76. The van der Waals surface area contributed by atoms with Crippen molar-refractivity contribution >= 4 is 12.2 Å². The van der Waals surface area contributed by atoms with E-state index in [-0.39, 0.29) is 6.79 Å². The monoisotopic (exact) mass is 254 g/mol. The minimum atomic E-state index is 0.259. The normalized spacial score (nSPS) is 10.8. The van der Waals surface area contributed by atoms with Crippen LogP contribution >= 0.6 is 0 Å². The minimum absolute atomic E-state index is 0.259. The zero-order valence-corrected chi connectivity index (χ0v) is 11.3. The number of aryl methyl sites for hydroxylation is 1. The Hall–Kier alpha value is -2.06. The number of benzene rings is 2. The van der Waals surface area contributed by atoms with Crippen LogP contribution in [0.25, 0.3) is 12.2 Å². The van der Waals surface area contributed by atoms with Gasteiger partial charge in [0.1, 0.15) is 5.75 Å². The van der Waals surface area contributed by atoms with Crippen molar-refractivity contribution in [2.24, 2.45) is 0 Å². The predicted octanol–water partition coefficient (Wildman–Crippen LogP) is 4.15. The maximum atomic E-state index is 5.52. The van der Waals surface area contributed by atoms with Crippen molar-refractivity contribution in [1.82, 2.24) is 0 Å². The molecule has 0 aromatic heterocycles. The average Bonchev–Trinajstić information content (AvgIpc) is 2.45. The average molecular weight is 254 g/mol. The molecule has 0 bridgehead atoms. The van der Waals surface area contributed by atoms with Gasteiger partial charge in [0.15, 0.2) is 6.79 Å². The third-order valence-corrected chi connectivity index (χ3v) is 2.78. The van der Waals surface area contributed by atoms with Crippen LogP contribution in [-0.2, 0) is 4.74 Å². The van der Waals surface area contributed by atoms with Crippen LogP contribution in [0.3, 0.4) is 0 Å². The lowest BCUT2D eigenvalue weighted by molar-refractivity contribution is 0.0510. The van der Waals surface area contributed by atoms with E-state index in [1.54, 1.807) is 7.11 Å². The van der Waals surface area contributed by atoms with Gasteiger partial charge >= 0.3 is 0 Å². The molecule has 0 radical (unpaired) electrons. The van der Waals surface area contributed by atoms with Crippen molar-refractivity contribution in [1.29, 1.82) is 0 Å². The van der Waals surface area contributed by atoms with Gasteiger partial charge in [-0.05, 0) is 18.6 Å². The third-order valence-electron chi connectivity index (χ3n) is 2.78. The van der Waals surface area contributed by atoms with Crippen molar-refractivity contribution in [3.8, 4) is 5.75 Å². The van der Waals surface area contributed by atoms with Crippen molar-refractivity contribution in [2.75, 3.05) is 13.9 Å². The van der Waals surface area contributed by atoms with E-state index < -0.39 is 0 Å². The summed E-state index contributed by atoms with van der Waals surface area (Å²) < 4.78 is 10.5. The molecule has 2 rings (SSSR count). The van der Waals surface area contributed by atoms with E-state index in [1.165, 1.54) is 11.1 Å². The van der Waals surface area contributed by atoms with Gasteiger partial charge in [-0.3, -0.25) is 0 Å². The molecule has 0 spiro atoms. The van der Waals surface area contributed by atoms with E-state index in [2.05, 4.69) is 43.3 Å². The van der Waals surface area contributed by atoms with Gasteiger partial charge in [-0.1, -0.05) is 60.2 Å². The fourth-order valence-electron chi connectivity index (χ4n) is 1.74. The highest BCUT2D eigenvalue weighted by molar-refractivity contribution is 5.72. The molecule has 0 aliphatic heterocycles. The molecule has 0 aliphatic carbocycles. The quantitative estimate of drug-likeness (QED) is 0.589. The zero-order chi connectivity index (χ0) is 13.5. The number of ether oxygens (including phenoxy) is 2.